The number of halogens is 2. The molecule has 0 fully saturated rings. The van der Waals surface area contributed by atoms with Crippen LogP contribution in [0.5, 0.6) is 0 Å². The van der Waals surface area contributed by atoms with Gasteiger partial charge in [-0.25, -0.2) is 9.37 Å². The van der Waals surface area contributed by atoms with Crippen LogP contribution in [0.4, 0.5) is 4.39 Å². The summed E-state index contributed by atoms with van der Waals surface area (Å²) in [5, 5.41) is 1.55. The van der Waals surface area contributed by atoms with E-state index < -0.39 is 0 Å². The molecule has 0 atom stereocenters. The fourth-order valence-electron chi connectivity index (χ4n) is 2.59. The van der Waals surface area contributed by atoms with Gasteiger partial charge >= 0.3 is 0 Å². The Balaban J connectivity index is 2.03. The zero-order chi connectivity index (χ0) is 18.0. The van der Waals surface area contributed by atoms with Gasteiger partial charge in [-0.05, 0) is 30.2 Å². The monoisotopic (exact) mass is 376 g/mol. The summed E-state index contributed by atoms with van der Waals surface area (Å²) in [4.78, 5) is 17.5. The number of para-hydroxylation sites is 1. The number of thioether (sulfide) groups is 1. The molecule has 0 N–H and O–H groups in total. The third-order valence-electron chi connectivity index (χ3n) is 3.78. The van der Waals surface area contributed by atoms with Crippen LogP contribution in [0.15, 0.2) is 52.4 Å². The molecule has 3 nitrogen and oxygen atoms in total. The smallest absolute Gasteiger partial charge is 0.262 e. The van der Waals surface area contributed by atoms with Gasteiger partial charge in [0.1, 0.15) is 5.82 Å². The van der Waals surface area contributed by atoms with Crippen molar-refractivity contribution in [3.8, 4) is 0 Å². The first-order valence-electron chi connectivity index (χ1n) is 8.02. The number of benzene rings is 2. The van der Waals surface area contributed by atoms with E-state index in [1.54, 1.807) is 22.8 Å². The van der Waals surface area contributed by atoms with Crippen molar-refractivity contribution in [2.45, 2.75) is 31.3 Å². The van der Waals surface area contributed by atoms with Crippen molar-refractivity contribution < 1.29 is 4.39 Å². The fraction of sp³-hybridized carbons (Fsp3) is 0.263. The van der Waals surface area contributed by atoms with Gasteiger partial charge in [-0.3, -0.25) is 9.36 Å². The van der Waals surface area contributed by atoms with E-state index in [1.807, 2.05) is 32.0 Å². The van der Waals surface area contributed by atoms with Crippen LogP contribution in [-0.4, -0.2) is 9.55 Å². The molecule has 1 aromatic heterocycles. The van der Waals surface area contributed by atoms with Crippen LogP contribution in [0.3, 0.4) is 0 Å². The van der Waals surface area contributed by atoms with Gasteiger partial charge in [0.2, 0.25) is 0 Å². The molecule has 0 bridgehead atoms. The molecule has 0 aliphatic heterocycles. The molecule has 0 amide bonds. The Labute approximate surface area is 154 Å². The Morgan fingerprint density at radius 2 is 1.96 bits per heavy atom. The van der Waals surface area contributed by atoms with E-state index in [9.17, 15) is 9.18 Å². The number of nitrogens with zero attached hydrogens (tertiary/aromatic N) is 2. The van der Waals surface area contributed by atoms with Crippen LogP contribution in [0.2, 0.25) is 5.02 Å². The first-order chi connectivity index (χ1) is 12.0. The molecule has 0 saturated carbocycles. The molecule has 0 radical (unpaired) electrons. The lowest BCUT2D eigenvalue weighted by Gasteiger charge is -2.15. The van der Waals surface area contributed by atoms with Crippen LogP contribution in [-0.2, 0) is 12.3 Å². The van der Waals surface area contributed by atoms with Gasteiger partial charge in [-0.1, -0.05) is 55.4 Å². The highest BCUT2D eigenvalue weighted by atomic mass is 35.5. The van der Waals surface area contributed by atoms with Crippen LogP contribution >= 0.6 is 23.4 Å². The Morgan fingerprint density at radius 3 is 2.68 bits per heavy atom. The normalized spacial score (nSPS) is 11.4. The number of fused-ring (bicyclic) bond motifs is 1. The number of hydrogen-bond acceptors (Lipinski definition) is 3. The van der Waals surface area contributed by atoms with Gasteiger partial charge < -0.3 is 0 Å². The van der Waals surface area contributed by atoms with Gasteiger partial charge in [-0.2, -0.15) is 0 Å². The highest BCUT2D eigenvalue weighted by Crippen LogP contribution is 2.28. The van der Waals surface area contributed by atoms with E-state index in [0.717, 1.165) is 0 Å². The van der Waals surface area contributed by atoms with E-state index in [4.69, 9.17) is 11.6 Å². The first kappa shape index (κ1) is 18.0. The molecule has 0 unspecified atom stereocenters. The molecule has 1 heterocycles. The van der Waals surface area contributed by atoms with E-state index in [-0.39, 0.29) is 17.3 Å². The molecule has 3 aromatic rings. The maximum Gasteiger partial charge on any atom is 0.262 e. The molecular weight excluding hydrogens is 359 g/mol. The van der Waals surface area contributed by atoms with E-state index >= 15 is 0 Å². The second-order valence-corrected chi connectivity index (χ2v) is 7.56. The summed E-state index contributed by atoms with van der Waals surface area (Å²) in [7, 11) is 0. The number of aromatic nitrogens is 2. The van der Waals surface area contributed by atoms with Crippen LogP contribution in [0, 0.1) is 11.7 Å². The molecule has 0 aliphatic carbocycles. The Kier molecular flexibility index (Phi) is 5.45. The van der Waals surface area contributed by atoms with Crippen molar-refractivity contribution in [3.05, 3.63) is 69.2 Å². The van der Waals surface area contributed by atoms with Gasteiger partial charge in [0.05, 0.1) is 10.9 Å². The minimum absolute atomic E-state index is 0.0681. The Morgan fingerprint density at radius 1 is 1.20 bits per heavy atom. The van der Waals surface area contributed by atoms with Crippen molar-refractivity contribution in [3.63, 3.8) is 0 Å². The Hall–Kier alpha value is -1.85. The van der Waals surface area contributed by atoms with Crippen LogP contribution in [0.25, 0.3) is 10.9 Å². The summed E-state index contributed by atoms with van der Waals surface area (Å²) < 4.78 is 15.7. The molecule has 0 spiro atoms. The summed E-state index contributed by atoms with van der Waals surface area (Å²) in [6.45, 7) is 4.65. The van der Waals surface area contributed by atoms with Crippen molar-refractivity contribution in [2.75, 3.05) is 0 Å². The van der Waals surface area contributed by atoms with Gasteiger partial charge in [-0.15, -0.1) is 0 Å². The highest BCUT2D eigenvalue weighted by molar-refractivity contribution is 7.98. The molecule has 0 saturated heterocycles. The largest absolute Gasteiger partial charge is 0.287 e. The van der Waals surface area contributed by atoms with Crippen molar-refractivity contribution >= 4 is 34.3 Å². The lowest BCUT2D eigenvalue weighted by molar-refractivity contribution is 0.475. The van der Waals surface area contributed by atoms with Gasteiger partial charge in [0, 0.05) is 22.9 Å². The average molecular weight is 377 g/mol. The van der Waals surface area contributed by atoms with Gasteiger partial charge in [0.15, 0.2) is 5.16 Å². The van der Waals surface area contributed by atoms with Gasteiger partial charge in [0.25, 0.3) is 5.56 Å². The van der Waals surface area contributed by atoms with E-state index in [2.05, 4.69) is 4.98 Å². The maximum absolute atomic E-state index is 14.0. The molecule has 25 heavy (non-hydrogen) atoms. The number of rotatable bonds is 5. The molecule has 3 rings (SSSR count). The maximum atomic E-state index is 14.0. The summed E-state index contributed by atoms with van der Waals surface area (Å²) in [5.41, 5.74) is 1.00. The second-order valence-electron chi connectivity index (χ2n) is 6.21. The minimum Gasteiger partial charge on any atom is -0.287 e. The van der Waals surface area contributed by atoms with Crippen molar-refractivity contribution in [2.24, 2.45) is 5.92 Å². The zero-order valence-corrected chi connectivity index (χ0v) is 15.6. The predicted molar refractivity (Wildman–Crippen MR) is 102 cm³/mol. The summed E-state index contributed by atoms with van der Waals surface area (Å²) in [6, 6.07) is 11.9. The predicted octanol–water partition coefficient (Wildman–Crippen LogP) is 5.14. The average Bonchev–Trinajstić information content (AvgIpc) is 2.57. The highest BCUT2D eigenvalue weighted by Gasteiger charge is 2.14. The molecule has 6 heteroatoms. The summed E-state index contributed by atoms with van der Waals surface area (Å²) >= 11 is 7.43. The van der Waals surface area contributed by atoms with Crippen LogP contribution < -0.4 is 5.56 Å². The van der Waals surface area contributed by atoms with E-state index in [0.29, 0.717) is 38.9 Å². The quantitative estimate of drug-likeness (QED) is 0.457. The second kappa shape index (κ2) is 7.58. The molecule has 130 valence electrons. The fourth-order valence-corrected chi connectivity index (χ4v) is 3.94. The Bertz CT molecular complexity index is 951. The zero-order valence-electron chi connectivity index (χ0n) is 14.0. The lowest BCUT2D eigenvalue weighted by atomic mass is 10.2. The number of hydrogen-bond donors (Lipinski definition) is 0. The summed E-state index contributed by atoms with van der Waals surface area (Å²) in [6.07, 6.45) is 0. The first-order valence-corrected chi connectivity index (χ1v) is 9.39. The molecule has 0 aliphatic rings. The van der Waals surface area contributed by atoms with Crippen molar-refractivity contribution in [1.82, 2.24) is 9.55 Å². The lowest BCUT2D eigenvalue weighted by Crippen LogP contribution is -2.25. The van der Waals surface area contributed by atoms with Crippen LogP contribution in [0.1, 0.15) is 19.4 Å². The SMILES string of the molecule is CC(C)Cn1c(SCc2c(F)cccc2Cl)nc2ccccc2c1=O. The standard InChI is InChI=1S/C19H18ClFN2OS/c1-12(2)10-23-18(24)13-6-3-4-9-17(13)22-19(23)25-11-14-15(20)7-5-8-16(14)21/h3-9,12H,10-11H2,1-2H3. The molecular formula is C19H18ClFN2OS. The van der Waals surface area contributed by atoms with E-state index in [1.165, 1.54) is 17.8 Å². The van der Waals surface area contributed by atoms with Crippen molar-refractivity contribution in [1.29, 1.82) is 0 Å². The topological polar surface area (TPSA) is 34.9 Å². The third kappa shape index (κ3) is 3.88. The minimum atomic E-state index is -0.349. The summed E-state index contributed by atoms with van der Waals surface area (Å²) in [5.74, 6) is 0.254. The third-order valence-corrected chi connectivity index (χ3v) is 5.14. The molecule has 2 aromatic carbocycles.